The Labute approximate surface area is 116 Å². The molecule has 6 nitrogen and oxygen atoms in total. The molecule has 0 bridgehead atoms. The third-order valence-electron chi connectivity index (χ3n) is 4.19. The Bertz CT molecular complexity index is 571. The summed E-state index contributed by atoms with van der Waals surface area (Å²) in [6.45, 7) is 2.59. The second-order valence-electron chi connectivity index (χ2n) is 5.15. The molecule has 2 N–H and O–H groups in total. The van der Waals surface area contributed by atoms with Crippen LogP contribution in [0.25, 0.3) is 0 Å². The van der Waals surface area contributed by atoms with E-state index in [4.69, 9.17) is 0 Å². The molecule has 1 fully saturated rings. The highest BCUT2D eigenvalue weighted by molar-refractivity contribution is 5.94. The van der Waals surface area contributed by atoms with Crippen LogP contribution < -0.4 is 5.43 Å². The first-order chi connectivity index (χ1) is 9.50. The molecule has 6 heteroatoms. The number of carbonyl (C=O) groups is 2. The van der Waals surface area contributed by atoms with Gasteiger partial charge in [0.1, 0.15) is 5.56 Å². The number of hydrogen-bond acceptors (Lipinski definition) is 3. The largest absolute Gasteiger partial charge is 0.481 e. The van der Waals surface area contributed by atoms with Gasteiger partial charge in [-0.05, 0) is 19.3 Å². The standard InChI is InChI=1S/C14H18N2O4/c1-2-14(13(19)20)4-7-16(8-5-14)12(18)10-9-15-6-3-11(10)17/h3,6,9H,2,4-5,7-8H2,1H3,(H,15,17)(H,19,20). The van der Waals surface area contributed by atoms with Crippen molar-refractivity contribution in [1.29, 1.82) is 0 Å². The van der Waals surface area contributed by atoms with E-state index in [1.165, 1.54) is 18.5 Å². The third-order valence-corrected chi connectivity index (χ3v) is 4.19. The van der Waals surface area contributed by atoms with Gasteiger partial charge in [-0.15, -0.1) is 0 Å². The molecule has 1 aromatic rings. The lowest BCUT2D eigenvalue weighted by atomic mass is 9.76. The maximum absolute atomic E-state index is 12.2. The molecule has 108 valence electrons. The third kappa shape index (κ3) is 2.45. The van der Waals surface area contributed by atoms with Crippen LogP contribution in [-0.2, 0) is 4.79 Å². The lowest BCUT2D eigenvalue weighted by Gasteiger charge is -2.38. The fraction of sp³-hybridized carbons (Fsp3) is 0.500. The number of carbonyl (C=O) groups excluding carboxylic acids is 1. The van der Waals surface area contributed by atoms with Crippen LogP contribution >= 0.6 is 0 Å². The SMILES string of the molecule is CCC1(C(=O)O)CCN(C(=O)c2c[nH]ccc2=O)CC1. The van der Waals surface area contributed by atoms with Gasteiger partial charge in [0.05, 0.1) is 5.41 Å². The number of pyridine rings is 1. The van der Waals surface area contributed by atoms with Gasteiger partial charge >= 0.3 is 5.97 Å². The van der Waals surface area contributed by atoms with Crippen LogP contribution in [-0.4, -0.2) is 40.0 Å². The van der Waals surface area contributed by atoms with Crippen LogP contribution in [0, 0.1) is 5.41 Å². The quantitative estimate of drug-likeness (QED) is 0.866. The number of aliphatic carboxylic acids is 1. The minimum atomic E-state index is -0.801. The fourth-order valence-electron chi connectivity index (χ4n) is 2.61. The molecule has 0 aliphatic carbocycles. The summed E-state index contributed by atoms with van der Waals surface area (Å²) in [6, 6.07) is 1.31. The van der Waals surface area contributed by atoms with Crippen molar-refractivity contribution in [3.05, 3.63) is 34.2 Å². The normalized spacial score (nSPS) is 17.8. The van der Waals surface area contributed by atoms with Crippen LogP contribution in [0.3, 0.4) is 0 Å². The number of carboxylic acids is 1. The number of aromatic nitrogens is 1. The van der Waals surface area contributed by atoms with Crippen molar-refractivity contribution < 1.29 is 14.7 Å². The molecule has 0 aromatic carbocycles. The van der Waals surface area contributed by atoms with Gasteiger partial charge in [-0.3, -0.25) is 14.4 Å². The second kappa shape index (κ2) is 5.48. The van der Waals surface area contributed by atoms with Gasteiger partial charge in [0.25, 0.3) is 5.91 Å². The van der Waals surface area contributed by atoms with E-state index in [2.05, 4.69) is 4.98 Å². The molecule has 0 radical (unpaired) electrons. The van der Waals surface area contributed by atoms with Gasteiger partial charge in [0, 0.05) is 31.5 Å². The van der Waals surface area contributed by atoms with E-state index in [1.54, 1.807) is 4.90 Å². The number of aromatic amines is 1. The summed E-state index contributed by atoms with van der Waals surface area (Å²) in [5.74, 6) is -1.13. The van der Waals surface area contributed by atoms with E-state index in [1.807, 2.05) is 6.92 Å². The highest BCUT2D eigenvalue weighted by atomic mass is 16.4. The van der Waals surface area contributed by atoms with Gasteiger partial charge in [0.2, 0.25) is 0 Å². The van der Waals surface area contributed by atoms with Crippen molar-refractivity contribution in [2.24, 2.45) is 5.41 Å². The number of H-pyrrole nitrogens is 1. The molecular weight excluding hydrogens is 260 g/mol. The van der Waals surface area contributed by atoms with Gasteiger partial charge in [-0.1, -0.05) is 6.92 Å². The summed E-state index contributed by atoms with van der Waals surface area (Å²) in [4.78, 5) is 39.5. The Morgan fingerprint density at radius 1 is 1.40 bits per heavy atom. The maximum Gasteiger partial charge on any atom is 0.309 e. The summed E-state index contributed by atoms with van der Waals surface area (Å²) in [7, 11) is 0. The highest BCUT2D eigenvalue weighted by Crippen LogP contribution is 2.35. The van der Waals surface area contributed by atoms with E-state index < -0.39 is 11.4 Å². The predicted octanol–water partition coefficient (Wildman–Crippen LogP) is 1.09. The average Bonchev–Trinajstić information content (AvgIpc) is 2.47. The zero-order chi connectivity index (χ0) is 14.8. The number of piperidine rings is 1. The van der Waals surface area contributed by atoms with Crippen molar-refractivity contribution in [1.82, 2.24) is 9.88 Å². The Balaban J connectivity index is 2.12. The highest BCUT2D eigenvalue weighted by Gasteiger charge is 2.41. The van der Waals surface area contributed by atoms with E-state index in [0.29, 0.717) is 32.4 Å². The summed E-state index contributed by atoms with van der Waals surface area (Å²) >= 11 is 0. The lowest BCUT2D eigenvalue weighted by molar-refractivity contribution is -0.152. The molecule has 0 unspecified atom stereocenters. The molecule has 1 saturated heterocycles. The smallest absolute Gasteiger partial charge is 0.309 e. The summed E-state index contributed by atoms with van der Waals surface area (Å²) in [5, 5.41) is 9.32. The van der Waals surface area contributed by atoms with Gasteiger partial charge in [0.15, 0.2) is 5.43 Å². The van der Waals surface area contributed by atoms with E-state index in [0.717, 1.165) is 0 Å². The van der Waals surface area contributed by atoms with Crippen molar-refractivity contribution in [3.63, 3.8) is 0 Å². The monoisotopic (exact) mass is 278 g/mol. The number of nitrogens with zero attached hydrogens (tertiary/aromatic N) is 1. The van der Waals surface area contributed by atoms with E-state index in [-0.39, 0.29) is 16.9 Å². The van der Waals surface area contributed by atoms with Gasteiger partial charge in [-0.25, -0.2) is 0 Å². The first-order valence-electron chi connectivity index (χ1n) is 6.70. The zero-order valence-corrected chi connectivity index (χ0v) is 11.4. The van der Waals surface area contributed by atoms with Gasteiger partial charge < -0.3 is 15.0 Å². The number of carboxylic acid groups (broad SMARTS) is 1. The van der Waals surface area contributed by atoms with Crippen LogP contribution in [0.15, 0.2) is 23.3 Å². The number of nitrogens with one attached hydrogen (secondary N) is 1. The first-order valence-corrected chi connectivity index (χ1v) is 6.70. The molecule has 2 rings (SSSR count). The molecule has 1 aliphatic heterocycles. The maximum atomic E-state index is 12.2. The summed E-state index contributed by atoms with van der Waals surface area (Å²) in [6.07, 6.45) is 4.27. The minimum absolute atomic E-state index is 0.104. The first kappa shape index (κ1) is 14.3. The fourth-order valence-corrected chi connectivity index (χ4v) is 2.61. The number of hydrogen-bond donors (Lipinski definition) is 2. The van der Waals surface area contributed by atoms with Crippen LogP contribution in [0.5, 0.6) is 0 Å². The lowest BCUT2D eigenvalue weighted by Crippen LogP contribution is -2.47. The van der Waals surface area contributed by atoms with Crippen molar-refractivity contribution >= 4 is 11.9 Å². The Morgan fingerprint density at radius 3 is 2.55 bits per heavy atom. The zero-order valence-electron chi connectivity index (χ0n) is 11.4. The van der Waals surface area contributed by atoms with Crippen molar-refractivity contribution in [2.75, 3.05) is 13.1 Å². The van der Waals surface area contributed by atoms with Crippen LogP contribution in [0.1, 0.15) is 36.5 Å². The summed E-state index contributed by atoms with van der Waals surface area (Å²) in [5.41, 5.74) is -0.953. The second-order valence-corrected chi connectivity index (χ2v) is 5.15. The molecule has 0 saturated carbocycles. The van der Waals surface area contributed by atoms with Crippen LogP contribution in [0.4, 0.5) is 0 Å². The Hall–Kier alpha value is -2.11. The number of amides is 1. The number of likely N-dealkylation sites (tertiary alicyclic amines) is 1. The van der Waals surface area contributed by atoms with E-state index >= 15 is 0 Å². The predicted molar refractivity (Wildman–Crippen MR) is 72.6 cm³/mol. The van der Waals surface area contributed by atoms with Crippen LogP contribution in [0.2, 0.25) is 0 Å². The average molecular weight is 278 g/mol. The van der Waals surface area contributed by atoms with Crippen molar-refractivity contribution in [3.8, 4) is 0 Å². The molecule has 0 atom stereocenters. The van der Waals surface area contributed by atoms with Crippen molar-refractivity contribution in [2.45, 2.75) is 26.2 Å². The Morgan fingerprint density at radius 2 is 2.05 bits per heavy atom. The summed E-state index contributed by atoms with van der Waals surface area (Å²) < 4.78 is 0. The molecular formula is C14H18N2O4. The molecule has 2 heterocycles. The molecule has 0 spiro atoms. The molecule has 1 amide bonds. The topological polar surface area (TPSA) is 90.5 Å². The molecule has 1 aliphatic rings. The Kier molecular flexibility index (Phi) is 3.92. The van der Waals surface area contributed by atoms with E-state index in [9.17, 15) is 19.5 Å². The number of rotatable bonds is 3. The molecule has 1 aromatic heterocycles. The molecule has 20 heavy (non-hydrogen) atoms. The van der Waals surface area contributed by atoms with Gasteiger partial charge in [-0.2, -0.15) is 0 Å². The minimum Gasteiger partial charge on any atom is -0.481 e.